The van der Waals surface area contributed by atoms with Crippen molar-refractivity contribution >= 4 is 35.1 Å². The second-order valence-electron chi connectivity index (χ2n) is 8.24. The lowest BCUT2D eigenvalue weighted by molar-refractivity contribution is -0.121. The van der Waals surface area contributed by atoms with Crippen molar-refractivity contribution in [2.24, 2.45) is 0 Å². The number of carbonyl (C=O) groups excluding carboxylic acids is 4. The van der Waals surface area contributed by atoms with Crippen LogP contribution in [0.1, 0.15) is 43.9 Å². The zero-order chi connectivity index (χ0) is 26.0. The Labute approximate surface area is 204 Å². The number of hydrogen-bond acceptors (Lipinski definition) is 6. The smallest absolute Gasteiger partial charge is 0.340 e. The van der Waals surface area contributed by atoms with Crippen molar-refractivity contribution in [1.82, 2.24) is 4.90 Å². The Hall–Kier alpha value is -4.15. The van der Waals surface area contributed by atoms with Crippen LogP contribution in [0, 0.1) is 0 Å². The molecule has 2 heterocycles. The maximum atomic E-state index is 13.7. The molecule has 4 rings (SSSR count). The summed E-state index contributed by atoms with van der Waals surface area (Å²) in [6.07, 6.45) is -2.17. The molecule has 0 spiro atoms. The minimum atomic E-state index is -3.01. The zero-order valence-corrected chi connectivity index (χ0v) is 19.2. The highest BCUT2D eigenvalue weighted by molar-refractivity contribution is 6.23. The minimum Gasteiger partial charge on any atom is -0.465 e. The number of nitrogens with one attached hydrogen (secondary N) is 1. The third kappa shape index (κ3) is 4.81. The summed E-state index contributed by atoms with van der Waals surface area (Å²) in [5.41, 5.74) is 0.339. The van der Waals surface area contributed by atoms with Gasteiger partial charge in [0, 0.05) is 18.7 Å². The third-order valence-electron chi connectivity index (χ3n) is 5.98. The molecule has 36 heavy (non-hydrogen) atoms. The number of fused-ring (bicyclic) bond motifs is 1. The highest BCUT2D eigenvalue weighted by Gasteiger charge is 2.43. The van der Waals surface area contributed by atoms with E-state index in [1.807, 2.05) is 0 Å². The number of imide groups is 1. The predicted molar refractivity (Wildman–Crippen MR) is 124 cm³/mol. The summed E-state index contributed by atoms with van der Waals surface area (Å²) >= 11 is 0. The van der Waals surface area contributed by atoms with Crippen molar-refractivity contribution < 1.29 is 37.1 Å². The largest absolute Gasteiger partial charge is 0.465 e. The first-order valence-electron chi connectivity index (χ1n) is 11.1. The van der Waals surface area contributed by atoms with E-state index in [0.29, 0.717) is 23.6 Å². The Morgan fingerprint density at radius 1 is 1.08 bits per heavy atom. The Balaban J connectivity index is 1.64. The number of nitrogens with zero attached hydrogens (tertiary/aromatic N) is 2. The van der Waals surface area contributed by atoms with Crippen molar-refractivity contribution in [3.63, 3.8) is 0 Å². The Bertz CT molecular complexity index is 1230. The fourth-order valence-electron chi connectivity index (χ4n) is 4.25. The van der Waals surface area contributed by atoms with E-state index in [9.17, 15) is 32.3 Å². The number of benzene rings is 2. The molecule has 11 heteroatoms. The maximum Gasteiger partial charge on any atom is 0.340 e. The summed E-state index contributed by atoms with van der Waals surface area (Å²) < 4.78 is 45.4. The molecule has 8 nitrogen and oxygen atoms in total. The van der Waals surface area contributed by atoms with Crippen molar-refractivity contribution in [1.29, 1.82) is 0 Å². The minimum absolute atomic E-state index is 0.00250. The SMILES string of the molecule is COC(=O)c1cc(N2CCC=C(F)C2)ccc1NC(=O)[C@H](CC(F)F)N1C(=O)c2ccccc2C1=O. The number of amides is 3. The van der Waals surface area contributed by atoms with Crippen LogP contribution < -0.4 is 10.2 Å². The highest BCUT2D eigenvalue weighted by atomic mass is 19.3. The molecule has 2 aliphatic heterocycles. The molecule has 1 atom stereocenters. The van der Waals surface area contributed by atoms with Crippen molar-refractivity contribution in [3.8, 4) is 0 Å². The molecular formula is C25H22F3N3O5. The van der Waals surface area contributed by atoms with Gasteiger partial charge in [-0.25, -0.2) is 18.0 Å². The molecular weight excluding hydrogens is 479 g/mol. The average Bonchev–Trinajstić information content (AvgIpc) is 3.12. The van der Waals surface area contributed by atoms with Crippen LogP contribution in [0.3, 0.4) is 0 Å². The number of methoxy groups -OCH3 is 1. The van der Waals surface area contributed by atoms with Gasteiger partial charge in [0.2, 0.25) is 12.3 Å². The van der Waals surface area contributed by atoms with Crippen LogP contribution in [0.25, 0.3) is 0 Å². The van der Waals surface area contributed by atoms with E-state index in [-0.39, 0.29) is 34.7 Å². The number of ether oxygens (including phenoxy) is 1. The first kappa shape index (κ1) is 25.0. The number of esters is 1. The van der Waals surface area contributed by atoms with Crippen LogP contribution in [0.2, 0.25) is 0 Å². The Morgan fingerprint density at radius 2 is 1.75 bits per heavy atom. The van der Waals surface area contributed by atoms with Crippen LogP contribution >= 0.6 is 0 Å². The molecule has 0 aromatic heterocycles. The molecule has 0 unspecified atom stereocenters. The van der Waals surface area contributed by atoms with Gasteiger partial charge in [0.25, 0.3) is 11.8 Å². The van der Waals surface area contributed by atoms with E-state index in [1.54, 1.807) is 4.90 Å². The van der Waals surface area contributed by atoms with E-state index in [0.717, 1.165) is 7.11 Å². The van der Waals surface area contributed by atoms with Gasteiger partial charge < -0.3 is 15.0 Å². The van der Waals surface area contributed by atoms with Crippen LogP contribution in [0.5, 0.6) is 0 Å². The predicted octanol–water partition coefficient (Wildman–Crippen LogP) is 3.80. The second kappa shape index (κ2) is 10.2. The van der Waals surface area contributed by atoms with Crippen molar-refractivity contribution in [2.45, 2.75) is 25.3 Å². The quantitative estimate of drug-likeness (QED) is 0.458. The lowest BCUT2D eigenvalue weighted by Crippen LogP contribution is -2.48. The molecule has 1 N–H and O–H groups in total. The van der Waals surface area contributed by atoms with E-state index in [4.69, 9.17) is 4.74 Å². The van der Waals surface area contributed by atoms with Crippen LogP contribution in [0.15, 0.2) is 54.4 Å². The van der Waals surface area contributed by atoms with Crippen LogP contribution in [-0.4, -0.2) is 61.3 Å². The lowest BCUT2D eigenvalue weighted by Gasteiger charge is -2.28. The number of anilines is 2. The Morgan fingerprint density at radius 3 is 2.33 bits per heavy atom. The molecule has 2 aromatic rings. The number of alkyl halides is 2. The average molecular weight is 501 g/mol. The third-order valence-corrected chi connectivity index (χ3v) is 5.98. The van der Waals surface area contributed by atoms with E-state index < -0.39 is 42.6 Å². The van der Waals surface area contributed by atoms with E-state index >= 15 is 0 Å². The molecule has 0 aliphatic carbocycles. The normalized spacial score (nSPS) is 16.1. The van der Waals surface area contributed by atoms with Gasteiger partial charge in [-0.2, -0.15) is 0 Å². The monoisotopic (exact) mass is 501 g/mol. The van der Waals surface area contributed by atoms with Gasteiger partial charge >= 0.3 is 5.97 Å². The number of hydrogen-bond donors (Lipinski definition) is 1. The maximum absolute atomic E-state index is 13.7. The van der Waals surface area contributed by atoms with Gasteiger partial charge in [-0.1, -0.05) is 12.1 Å². The zero-order valence-electron chi connectivity index (χ0n) is 19.2. The van der Waals surface area contributed by atoms with Gasteiger partial charge in [0.1, 0.15) is 11.9 Å². The summed E-state index contributed by atoms with van der Waals surface area (Å²) in [5.74, 6) is -3.95. The fraction of sp³-hybridized carbons (Fsp3) is 0.280. The number of carbonyl (C=O) groups is 4. The molecule has 0 bridgehead atoms. The van der Waals surface area contributed by atoms with Gasteiger partial charge in [0.05, 0.1) is 36.0 Å². The summed E-state index contributed by atoms with van der Waals surface area (Å²) in [6.45, 7) is 0.498. The number of rotatable bonds is 7. The number of halogens is 3. The molecule has 0 radical (unpaired) electrons. The summed E-state index contributed by atoms with van der Waals surface area (Å²) in [7, 11) is 1.13. The molecule has 0 saturated heterocycles. The summed E-state index contributed by atoms with van der Waals surface area (Å²) in [5, 5.41) is 2.39. The van der Waals surface area contributed by atoms with Crippen LogP contribution in [-0.2, 0) is 9.53 Å². The molecule has 2 aromatic carbocycles. The topological polar surface area (TPSA) is 96.0 Å². The van der Waals surface area contributed by atoms with Gasteiger partial charge in [-0.05, 0) is 42.8 Å². The fourth-order valence-corrected chi connectivity index (χ4v) is 4.25. The molecule has 188 valence electrons. The molecule has 3 amide bonds. The van der Waals surface area contributed by atoms with Gasteiger partial charge in [-0.3, -0.25) is 19.3 Å². The highest BCUT2D eigenvalue weighted by Crippen LogP contribution is 2.30. The first-order chi connectivity index (χ1) is 17.2. The molecule has 0 fully saturated rings. The van der Waals surface area contributed by atoms with Crippen molar-refractivity contribution in [2.75, 3.05) is 30.4 Å². The van der Waals surface area contributed by atoms with Crippen LogP contribution in [0.4, 0.5) is 24.5 Å². The van der Waals surface area contributed by atoms with E-state index in [1.165, 1.54) is 48.5 Å². The molecule has 2 aliphatic rings. The second-order valence-corrected chi connectivity index (χ2v) is 8.24. The van der Waals surface area contributed by atoms with Crippen molar-refractivity contribution in [3.05, 3.63) is 71.1 Å². The van der Waals surface area contributed by atoms with Gasteiger partial charge in [0.15, 0.2) is 0 Å². The Kier molecular flexibility index (Phi) is 7.09. The molecule has 0 saturated carbocycles. The summed E-state index contributed by atoms with van der Waals surface area (Å²) in [6, 6.07) is 8.24. The lowest BCUT2D eigenvalue weighted by atomic mass is 10.1. The van der Waals surface area contributed by atoms with E-state index in [2.05, 4.69) is 5.32 Å². The van der Waals surface area contributed by atoms with Gasteiger partial charge in [-0.15, -0.1) is 0 Å². The standard InChI is InChI=1S/C25H22F3N3O5/c1-36-25(35)18-11-15(30-10-4-5-14(26)13-30)8-9-19(18)29-22(32)20(12-21(27)28)31-23(33)16-6-2-3-7-17(16)24(31)34/h2-3,5-9,11,20-21H,4,10,12-13H2,1H3,(H,29,32)/t20-/m0/s1. The summed E-state index contributed by atoms with van der Waals surface area (Å²) in [4.78, 5) is 53.5. The first-order valence-corrected chi connectivity index (χ1v) is 11.1.